The number of amides is 1. The molecule has 1 saturated carbocycles. The van der Waals surface area contributed by atoms with E-state index in [1.807, 2.05) is 6.07 Å². The fraction of sp³-hybridized carbons (Fsp3) is 0.217. The first kappa shape index (κ1) is 19.2. The Labute approximate surface area is 177 Å². The van der Waals surface area contributed by atoms with Gasteiger partial charge in [0.25, 0.3) is 5.91 Å². The number of nitrogens with zero attached hydrogens (tertiary/aromatic N) is 3. The highest BCUT2D eigenvalue weighted by Gasteiger charge is 2.39. The summed E-state index contributed by atoms with van der Waals surface area (Å²) in [5.41, 5.74) is 2.88. The molecule has 0 unspecified atom stereocenters. The summed E-state index contributed by atoms with van der Waals surface area (Å²) < 4.78 is 25.0. The van der Waals surface area contributed by atoms with Crippen molar-refractivity contribution >= 4 is 16.9 Å². The zero-order valence-corrected chi connectivity index (χ0v) is 16.8. The third kappa shape index (κ3) is 3.84. The molecule has 1 N–H and O–H groups in total. The summed E-state index contributed by atoms with van der Waals surface area (Å²) in [7, 11) is 0. The molecule has 4 aromatic rings. The molecule has 5 rings (SSSR count). The van der Waals surface area contributed by atoms with E-state index in [0.29, 0.717) is 22.3 Å². The van der Waals surface area contributed by atoms with Gasteiger partial charge < -0.3 is 10.1 Å². The van der Waals surface area contributed by atoms with Gasteiger partial charge in [-0.3, -0.25) is 4.79 Å². The number of pyridine rings is 1. The highest BCUT2D eigenvalue weighted by atomic mass is 19.1. The maximum Gasteiger partial charge on any atom is 0.257 e. The molecule has 156 valence electrons. The molecule has 0 aliphatic heterocycles. The van der Waals surface area contributed by atoms with Crippen LogP contribution in [0.4, 0.5) is 4.39 Å². The first-order valence-corrected chi connectivity index (χ1v) is 9.94. The molecular formula is C23H19FN4O3. The summed E-state index contributed by atoms with van der Waals surface area (Å²) in [6.07, 6.45) is 3.68. The summed E-state index contributed by atoms with van der Waals surface area (Å²) in [5, 5.41) is 10.3. The Bertz CT molecular complexity index is 1280. The van der Waals surface area contributed by atoms with Gasteiger partial charge in [0.2, 0.25) is 5.88 Å². The number of ether oxygens (including phenoxy) is 1. The van der Waals surface area contributed by atoms with E-state index in [0.717, 1.165) is 18.4 Å². The van der Waals surface area contributed by atoms with Gasteiger partial charge >= 0.3 is 0 Å². The molecule has 7 nitrogen and oxygen atoms in total. The highest BCUT2D eigenvalue weighted by Crippen LogP contribution is 2.47. The predicted octanol–water partition coefficient (Wildman–Crippen LogP) is 4.53. The van der Waals surface area contributed by atoms with E-state index in [-0.39, 0.29) is 29.2 Å². The molecule has 0 radical (unpaired) electrons. The van der Waals surface area contributed by atoms with Gasteiger partial charge in [0.1, 0.15) is 28.2 Å². The molecule has 0 saturated heterocycles. The minimum Gasteiger partial charge on any atom is -0.438 e. The fourth-order valence-electron chi connectivity index (χ4n) is 3.40. The number of fused-ring (bicyclic) bond motifs is 1. The Hall–Kier alpha value is -3.81. The summed E-state index contributed by atoms with van der Waals surface area (Å²) in [4.78, 5) is 16.9. The molecule has 2 heterocycles. The summed E-state index contributed by atoms with van der Waals surface area (Å²) in [5.74, 6) is -0.160. The third-order valence-corrected chi connectivity index (χ3v) is 5.64. The van der Waals surface area contributed by atoms with E-state index in [1.165, 1.54) is 6.20 Å². The van der Waals surface area contributed by atoms with Gasteiger partial charge in [0.05, 0.1) is 0 Å². The Morgan fingerprint density at radius 1 is 1.16 bits per heavy atom. The molecule has 0 bridgehead atoms. The average Bonchev–Trinajstić information content (AvgIpc) is 3.35. The highest BCUT2D eigenvalue weighted by molar-refractivity contribution is 5.96. The van der Waals surface area contributed by atoms with Crippen LogP contribution in [0.2, 0.25) is 0 Å². The van der Waals surface area contributed by atoms with Gasteiger partial charge in [0, 0.05) is 24.4 Å². The van der Waals surface area contributed by atoms with E-state index in [9.17, 15) is 9.18 Å². The van der Waals surface area contributed by atoms with Crippen LogP contribution >= 0.6 is 0 Å². The maximum atomic E-state index is 14.5. The van der Waals surface area contributed by atoms with E-state index in [2.05, 4.69) is 32.2 Å². The standard InChI is InChI=1S/C23H19FN4O3/c1-23(8-9-23)15-5-4-14(18(24)11-15)13-26-21(29)17-3-2-10-25-22(17)30-16-6-7-19-20(12-16)28-31-27-19/h2-7,10-12H,8-9,13H2,1H3,(H,26,29). The SMILES string of the molecule is CC1(c2ccc(CNC(=O)c3cccnc3Oc3ccc4nonc4c3)c(F)c2)CC1. The molecule has 8 heteroatoms. The summed E-state index contributed by atoms with van der Waals surface area (Å²) in [6, 6.07) is 13.5. The topological polar surface area (TPSA) is 90.1 Å². The van der Waals surface area contributed by atoms with Crippen molar-refractivity contribution in [1.82, 2.24) is 20.6 Å². The van der Waals surface area contributed by atoms with Crippen LogP contribution in [0.15, 0.2) is 59.4 Å². The molecule has 1 aliphatic carbocycles. The van der Waals surface area contributed by atoms with Crippen molar-refractivity contribution in [2.75, 3.05) is 0 Å². The van der Waals surface area contributed by atoms with Crippen molar-refractivity contribution in [3.63, 3.8) is 0 Å². The summed E-state index contributed by atoms with van der Waals surface area (Å²) >= 11 is 0. The number of aromatic nitrogens is 3. The van der Waals surface area contributed by atoms with Crippen LogP contribution in [0.1, 0.15) is 41.3 Å². The fourth-order valence-corrected chi connectivity index (χ4v) is 3.40. The number of rotatable bonds is 6. The first-order valence-electron chi connectivity index (χ1n) is 9.94. The lowest BCUT2D eigenvalue weighted by molar-refractivity contribution is 0.0947. The lowest BCUT2D eigenvalue weighted by atomic mass is 9.97. The zero-order valence-electron chi connectivity index (χ0n) is 16.8. The Kier molecular flexibility index (Phi) is 4.62. The minimum absolute atomic E-state index is 0.0621. The van der Waals surface area contributed by atoms with Crippen LogP contribution in [0.3, 0.4) is 0 Å². The van der Waals surface area contributed by atoms with Gasteiger partial charge in [0.15, 0.2) is 0 Å². The van der Waals surface area contributed by atoms with Crippen LogP contribution < -0.4 is 10.1 Å². The largest absolute Gasteiger partial charge is 0.438 e. The van der Waals surface area contributed by atoms with Crippen LogP contribution in [-0.4, -0.2) is 21.2 Å². The van der Waals surface area contributed by atoms with Gasteiger partial charge in [-0.1, -0.05) is 19.1 Å². The smallest absolute Gasteiger partial charge is 0.257 e. The Balaban J connectivity index is 1.31. The van der Waals surface area contributed by atoms with Crippen molar-refractivity contribution in [2.45, 2.75) is 31.7 Å². The Morgan fingerprint density at radius 2 is 2.00 bits per heavy atom. The number of hydrogen-bond acceptors (Lipinski definition) is 6. The van der Waals surface area contributed by atoms with E-state index in [1.54, 1.807) is 42.5 Å². The minimum atomic E-state index is -0.412. The average molecular weight is 418 g/mol. The van der Waals surface area contributed by atoms with Crippen molar-refractivity contribution in [1.29, 1.82) is 0 Å². The first-order chi connectivity index (χ1) is 15.0. The number of hydrogen-bond donors (Lipinski definition) is 1. The number of carbonyl (C=O) groups excluding carboxylic acids is 1. The van der Waals surface area contributed by atoms with Crippen LogP contribution in [0, 0.1) is 5.82 Å². The normalized spacial score (nSPS) is 14.4. The molecule has 1 fully saturated rings. The molecule has 2 aromatic carbocycles. The van der Waals surface area contributed by atoms with Crippen LogP contribution in [0.5, 0.6) is 11.6 Å². The van der Waals surface area contributed by atoms with Crippen LogP contribution in [-0.2, 0) is 12.0 Å². The van der Waals surface area contributed by atoms with E-state index < -0.39 is 5.91 Å². The lowest BCUT2D eigenvalue weighted by Gasteiger charge is -2.13. The van der Waals surface area contributed by atoms with Gasteiger partial charge in [-0.25, -0.2) is 14.0 Å². The quantitative estimate of drug-likeness (QED) is 0.495. The molecule has 1 amide bonds. The molecule has 31 heavy (non-hydrogen) atoms. The lowest BCUT2D eigenvalue weighted by Crippen LogP contribution is -2.24. The Morgan fingerprint density at radius 3 is 2.81 bits per heavy atom. The molecule has 2 aromatic heterocycles. The van der Waals surface area contributed by atoms with Gasteiger partial charge in [-0.05, 0) is 64.5 Å². The third-order valence-electron chi connectivity index (χ3n) is 5.64. The van der Waals surface area contributed by atoms with E-state index >= 15 is 0 Å². The number of halogens is 1. The molecular weight excluding hydrogens is 399 g/mol. The predicted molar refractivity (Wildman–Crippen MR) is 110 cm³/mol. The van der Waals surface area contributed by atoms with E-state index in [4.69, 9.17) is 4.74 Å². The maximum absolute atomic E-state index is 14.5. The number of nitrogens with one attached hydrogen (secondary N) is 1. The molecule has 1 aliphatic rings. The van der Waals surface area contributed by atoms with Crippen LogP contribution in [0.25, 0.3) is 11.0 Å². The second-order valence-electron chi connectivity index (χ2n) is 7.92. The zero-order chi connectivity index (χ0) is 21.4. The van der Waals surface area contributed by atoms with Crippen molar-refractivity contribution in [3.05, 3.63) is 77.2 Å². The van der Waals surface area contributed by atoms with Crippen molar-refractivity contribution in [3.8, 4) is 11.6 Å². The van der Waals surface area contributed by atoms with Gasteiger partial charge in [-0.15, -0.1) is 0 Å². The monoisotopic (exact) mass is 418 g/mol. The molecule has 0 spiro atoms. The summed E-state index contributed by atoms with van der Waals surface area (Å²) in [6.45, 7) is 2.19. The second kappa shape index (κ2) is 7.46. The van der Waals surface area contributed by atoms with Gasteiger partial charge in [-0.2, -0.15) is 0 Å². The molecule has 0 atom stereocenters. The second-order valence-corrected chi connectivity index (χ2v) is 7.92. The van der Waals surface area contributed by atoms with Crippen molar-refractivity contribution in [2.24, 2.45) is 0 Å². The van der Waals surface area contributed by atoms with Crippen molar-refractivity contribution < 1.29 is 18.6 Å². The number of carbonyl (C=O) groups is 1. The number of benzene rings is 2.